The number of nitrogens with zero attached hydrogens (tertiary/aromatic N) is 1. The lowest BCUT2D eigenvalue weighted by atomic mass is 10.1. The van der Waals surface area contributed by atoms with Gasteiger partial charge >= 0.3 is 0 Å². The van der Waals surface area contributed by atoms with Crippen LogP contribution in [0.5, 0.6) is 0 Å². The molecule has 0 aromatic heterocycles. The maximum atomic E-state index is 12.4. The summed E-state index contributed by atoms with van der Waals surface area (Å²) in [4.78, 5) is 14.4. The Hall–Kier alpha value is -1.39. The van der Waals surface area contributed by atoms with Gasteiger partial charge in [0.15, 0.2) is 0 Å². The molecule has 1 aromatic carbocycles. The van der Waals surface area contributed by atoms with E-state index in [1.165, 1.54) is 5.56 Å². The minimum atomic E-state index is 0.00780. The molecule has 2 aliphatic rings. The zero-order chi connectivity index (χ0) is 14.5. The van der Waals surface area contributed by atoms with Gasteiger partial charge in [-0.15, -0.1) is 0 Å². The summed E-state index contributed by atoms with van der Waals surface area (Å²) < 4.78 is 5.36. The highest BCUT2D eigenvalue weighted by Crippen LogP contribution is 2.15. The molecule has 114 valence electrons. The van der Waals surface area contributed by atoms with Crippen molar-refractivity contribution in [3.63, 3.8) is 0 Å². The number of hydrogen-bond acceptors (Lipinski definition) is 3. The lowest BCUT2D eigenvalue weighted by Gasteiger charge is -2.19. The lowest BCUT2D eigenvalue weighted by molar-refractivity contribution is -0.129. The van der Waals surface area contributed by atoms with E-state index in [1.54, 1.807) is 0 Å². The third-order valence-electron chi connectivity index (χ3n) is 4.40. The second-order valence-electron chi connectivity index (χ2n) is 5.98. The van der Waals surface area contributed by atoms with Crippen LogP contribution in [0.4, 0.5) is 0 Å². The molecule has 0 unspecified atom stereocenters. The van der Waals surface area contributed by atoms with Gasteiger partial charge in [-0.1, -0.05) is 30.3 Å². The van der Waals surface area contributed by atoms with Gasteiger partial charge in [0.1, 0.15) is 0 Å². The second-order valence-corrected chi connectivity index (χ2v) is 5.98. The fourth-order valence-electron chi connectivity index (χ4n) is 3.18. The number of benzene rings is 1. The van der Waals surface area contributed by atoms with Crippen LogP contribution in [-0.4, -0.2) is 49.2 Å². The summed E-state index contributed by atoms with van der Waals surface area (Å²) in [6, 6.07) is 10.8. The lowest BCUT2D eigenvalue weighted by Crippen LogP contribution is -2.44. The third kappa shape index (κ3) is 3.83. The minimum absolute atomic E-state index is 0.00780. The molecular weight excluding hydrogens is 264 g/mol. The van der Waals surface area contributed by atoms with Gasteiger partial charge < -0.3 is 15.0 Å². The standard InChI is InChI=1S/C17H24N2O2/c20-17-16(18-15-9-12-21-13-15)8-11-19(17)10-4-7-14-5-2-1-3-6-14/h1-3,5-6,15-16,18H,4,7-13H2/t15-,16+/m0/s1. The first-order valence-electron chi connectivity index (χ1n) is 7.99. The van der Waals surface area contributed by atoms with Gasteiger partial charge in [0.2, 0.25) is 5.91 Å². The molecule has 0 bridgehead atoms. The summed E-state index contributed by atoms with van der Waals surface area (Å²) in [7, 11) is 0. The van der Waals surface area contributed by atoms with E-state index in [1.807, 2.05) is 11.0 Å². The number of carbonyl (C=O) groups excluding carboxylic acids is 1. The van der Waals surface area contributed by atoms with E-state index in [9.17, 15) is 4.79 Å². The molecule has 21 heavy (non-hydrogen) atoms. The maximum absolute atomic E-state index is 12.4. The minimum Gasteiger partial charge on any atom is -0.380 e. The Morgan fingerprint density at radius 2 is 2.10 bits per heavy atom. The number of amides is 1. The fraction of sp³-hybridized carbons (Fsp3) is 0.588. The summed E-state index contributed by atoms with van der Waals surface area (Å²) in [6.45, 7) is 3.32. The first-order chi connectivity index (χ1) is 10.3. The Bertz CT molecular complexity index is 457. The van der Waals surface area contributed by atoms with Gasteiger partial charge in [0.25, 0.3) is 0 Å². The zero-order valence-corrected chi connectivity index (χ0v) is 12.5. The Kier molecular flexibility index (Phi) is 4.88. The van der Waals surface area contributed by atoms with E-state index >= 15 is 0 Å². The van der Waals surface area contributed by atoms with E-state index in [0.29, 0.717) is 6.04 Å². The van der Waals surface area contributed by atoms with Gasteiger partial charge in [-0.05, 0) is 31.2 Å². The normalized spacial score (nSPS) is 25.7. The van der Waals surface area contributed by atoms with Crippen molar-refractivity contribution in [2.24, 2.45) is 0 Å². The predicted molar refractivity (Wildman–Crippen MR) is 82.1 cm³/mol. The number of hydrogen-bond donors (Lipinski definition) is 1. The van der Waals surface area contributed by atoms with Crippen LogP contribution in [0.1, 0.15) is 24.8 Å². The molecule has 2 heterocycles. The van der Waals surface area contributed by atoms with Gasteiger partial charge in [-0.2, -0.15) is 0 Å². The number of carbonyl (C=O) groups is 1. The molecule has 0 aliphatic carbocycles. The summed E-state index contributed by atoms with van der Waals surface area (Å²) in [5, 5.41) is 3.45. The summed E-state index contributed by atoms with van der Waals surface area (Å²) in [6.07, 6.45) is 4.03. The second kappa shape index (κ2) is 7.05. The van der Waals surface area contributed by atoms with Crippen LogP contribution in [0.2, 0.25) is 0 Å². The average Bonchev–Trinajstić information content (AvgIpc) is 3.13. The van der Waals surface area contributed by atoms with Crippen molar-refractivity contribution in [2.75, 3.05) is 26.3 Å². The molecule has 4 heteroatoms. The third-order valence-corrected chi connectivity index (χ3v) is 4.40. The average molecular weight is 288 g/mol. The highest BCUT2D eigenvalue weighted by molar-refractivity contribution is 5.84. The molecular formula is C17H24N2O2. The predicted octanol–water partition coefficient (Wildman–Crippen LogP) is 1.60. The molecule has 3 rings (SSSR count). The van der Waals surface area contributed by atoms with E-state index in [2.05, 4.69) is 29.6 Å². The highest BCUT2D eigenvalue weighted by atomic mass is 16.5. The molecule has 1 N–H and O–H groups in total. The van der Waals surface area contributed by atoms with Gasteiger partial charge in [-0.3, -0.25) is 4.79 Å². The first-order valence-corrected chi connectivity index (χ1v) is 7.99. The summed E-state index contributed by atoms with van der Waals surface area (Å²) in [5.41, 5.74) is 1.35. The SMILES string of the molecule is O=C1[C@H](N[C@H]2CCOC2)CCN1CCCc1ccccc1. The van der Waals surface area contributed by atoms with Crippen molar-refractivity contribution in [1.29, 1.82) is 0 Å². The van der Waals surface area contributed by atoms with Crippen molar-refractivity contribution < 1.29 is 9.53 Å². The Morgan fingerprint density at radius 1 is 1.24 bits per heavy atom. The first kappa shape index (κ1) is 14.5. The fourth-order valence-corrected chi connectivity index (χ4v) is 3.18. The Balaban J connectivity index is 1.41. The van der Waals surface area contributed by atoms with Crippen LogP contribution >= 0.6 is 0 Å². The number of rotatable bonds is 6. The summed E-state index contributed by atoms with van der Waals surface area (Å²) in [5.74, 6) is 0.273. The van der Waals surface area contributed by atoms with Crippen molar-refractivity contribution >= 4 is 5.91 Å². The zero-order valence-electron chi connectivity index (χ0n) is 12.5. The molecule has 0 spiro atoms. The number of nitrogens with one attached hydrogen (secondary N) is 1. The summed E-state index contributed by atoms with van der Waals surface area (Å²) >= 11 is 0. The van der Waals surface area contributed by atoms with E-state index < -0.39 is 0 Å². The van der Waals surface area contributed by atoms with E-state index in [4.69, 9.17) is 4.74 Å². The highest BCUT2D eigenvalue weighted by Gasteiger charge is 2.33. The van der Waals surface area contributed by atoms with Gasteiger partial charge in [0.05, 0.1) is 12.6 Å². The quantitative estimate of drug-likeness (QED) is 0.864. The molecule has 1 amide bonds. The van der Waals surface area contributed by atoms with Crippen LogP contribution in [0.15, 0.2) is 30.3 Å². The molecule has 2 fully saturated rings. The molecule has 2 atom stereocenters. The van der Waals surface area contributed by atoms with E-state index in [-0.39, 0.29) is 11.9 Å². The molecule has 0 saturated carbocycles. The molecule has 0 radical (unpaired) electrons. The molecule has 1 aromatic rings. The van der Waals surface area contributed by atoms with Crippen LogP contribution in [0.25, 0.3) is 0 Å². The Labute approximate surface area is 126 Å². The number of ether oxygens (including phenoxy) is 1. The van der Waals surface area contributed by atoms with Crippen molar-refractivity contribution in [1.82, 2.24) is 10.2 Å². The van der Waals surface area contributed by atoms with Crippen molar-refractivity contribution in [3.8, 4) is 0 Å². The maximum Gasteiger partial charge on any atom is 0.239 e. The molecule has 2 saturated heterocycles. The number of aryl methyl sites for hydroxylation is 1. The largest absolute Gasteiger partial charge is 0.380 e. The topological polar surface area (TPSA) is 41.6 Å². The van der Waals surface area contributed by atoms with Crippen LogP contribution in [0, 0.1) is 0 Å². The Morgan fingerprint density at radius 3 is 2.86 bits per heavy atom. The molecule has 2 aliphatic heterocycles. The van der Waals surface area contributed by atoms with Gasteiger partial charge in [-0.25, -0.2) is 0 Å². The van der Waals surface area contributed by atoms with Crippen LogP contribution < -0.4 is 5.32 Å². The number of likely N-dealkylation sites (tertiary alicyclic amines) is 1. The van der Waals surface area contributed by atoms with E-state index in [0.717, 1.165) is 52.0 Å². The van der Waals surface area contributed by atoms with Gasteiger partial charge in [0, 0.05) is 25.7 Å². The van der Waals surface area contributed by atoms with Crippen LogP contribution in [0.3, 0.4) is 0 Å². The smallest absolute Gasteiger partial charge is 0.239 e. The van der Waals surface area contributed by atoms with Crippen molar-refractivity contribution in [3.05, 3.63) is 35.9 Å². The monoisotopic (exact) mass is 288 g/mol. The van der Waals surface area contributed by atoms with Crippen molar-refractivity contribution in [2.45, 2.75) is 37.8 Å². The molecule has 4 nitrogen and oxygen atoms in total. The van der Waals surface area contributed by atoms with Crippen LogP contribution in [-0.2, 0) is 16.0 Å².